The second-order valence-electron chi connectivity index (χ2n) is 19.9. The number of sulfone groups is 1. The Balaban J connectivity index is 0.884. The number of aliphatic hydroxyl groups is 5. The fourth-order valence-corrected chi connectivity index (χ4v) is 11.5. The van der Waals surface area contributed by atoms with E-state index in [1.807, 2.05) is 31.2 Å². The predicted octanol–water partition coefficient (Wildman–Crippen LogP) is 7.15. The number of carbonyl (C=O) groups excluding carboxylic acids is 3. The van der Waals surface area contributed by atoms with Crippen molar-refractivity contribution in [1.29, 1.82) is 0 Å². The second-order valence-corrected chi connectivity index (χ2v) is 21.9. The van der Waals surface area contributed by atoms with E-state index in [0.717, 1.165) is 23.3 Å². The molecule has 18 nitrogen and oxygen atoms in total. The standard InChI is InChI=1S/C58H57F4N3O15S/c1-31(32-15-19-36(59)20-16-32)10-27-40-48(65(55(40)71)38-23-21-37(60)22-24-38)35-13-11-33(12-14-35)34-17-25-39(26-18-34)81(74,75)30-47-50(67)52(69)54(46(78-47)29-77-58(73)64-44-9-5-3-7-42(44)62)80-56-53(70)51(68)49(66)45(79-56)28-76-57(72)63-43-8-4-2-6-41(43)61/h2-9,11-26,31,40,45-54,56,66-70H,10,27-30H2,1H3,(H,63,72)(H,64,73)/t31-,40+,45?,46?,47?,48+,49+,50+,51-,52+,53-,54+,56?/m0/s1. The summed E-state index contributed by atoms with van der Waals surface area (Å²) in [6.45, 7) is 0.336. The molecular weight excluding hydrogens is 1090 g/mol. The van der Waals surface area contributed by atoms with Crippen LogP contribution in [0.5, 0.6) is 0 Å². The molecule has 6 aromatic carbocycles. The smallest absolute Gasteiger partial charge is 0.411 e. The Kier molecular flexibility index (Phi) is 18.2. The molecule has 4 unspecified atom stereocenters. The number of ether oxygens (including phenoxy) is 5. The van der Waals surface area contributed by atoms with Crippen molar-refractivity contribution in [3.63, 3.8) is 0 Å². The van der Waals surface area contributed by atoms with Crippen molar-refractivity contribution in [1.82, 2.24) is 0 Å². The molecule has 3 aliphatic heterocycles. The van der Waals surface area contributed by atoms with Gasteiger partial charge < -0.3 is 54.1 Å². The summed E-state index contributed by atoms with van der Waals surface area (Å²) in [7, 11) is -4.39. The van der Waals surface area contributed by atoms with Gasteiger partial charge >= 0.3 is 12.2 Å². The summed E-state index contributed by atoms with van der Waals surface area (Å²) in [4.78, 5) is 40.6. The minimum absolute atomic E-state index is 0.0345. The molecule has 428 valence electrons. The number of aliphatic hydroxyl groups excluding tert-OH is 5. The van der Waals surface area contributed by atoms with E-state index in [1.165, 1.54) is 72.8 Å². The molecule has 13 atom stereocenters. The molecule has 3 aliphatic rings. The fourth-order valence-electron chi connectivity index (χ4n) is 10.0. The van der Waals surface area contributed by atoms with E-state index in [9.17, 15) is 65.9 Å². The lowest BCUT2D eigenvalue weighted by Gasteiger charge is -2.48. The molecule has 3 saturated heterocycles. The van der Waals surface area contributed by atoms with Crippen LogP contribution in [-0.4, -0.2) is 132 Å². The van der Waals surface area contributed by atoms with Crippen molar-refractivity contribution >= 4 is 45.0 Å². The third-order valence-corrected chi connectivity index (χ3v) is 16.3. The summed E-state index contributed by atoms with van der Waals surface area (Å²) in [6.07, 6.45) is -20.4. The molecular formula is C58H57F4N3O15S. The number of hydrogen-bond acceptors (Lipinski definition) is 15. The van der Waals surface area contributed by atoms with Crippen molar-refractivity contribution in [2.45, 2.75) is 97.8 Å². The van der Waals surface area contributed by atoms with Crippen LogP contribution >= 0.6 is 0 Å². The topological polar surface area (TPSA) is 260 Å². The molecule has 3 amide bonds. The number of hydrogen-bond donors (Lipinski definition) is 7. The highest BCUT2D eigenvalue weighted by Gasteiger charge is 2.52. The van der Waals surface area contributed by atoms with Crippen molar-refractivity contribution < 1.29 is 89.6 Å². The van der Waals surface area contributed by atoms with E-state index in [2.05, 4.69) is 10.6 Å². The van der Waals surface area contributed by atoms with Gasteiger partial charge in [0, 0.05) is 5.69 Å². The number of β-lactam (4-membered cyclic amide) rings is 1. The maximum Gasteiger partial charge on any atom is 0.411 e. The number of rotatable bonds is 18. The third kappa shape index (κ3) is 13.4. The van der Waals surface area contributed by atoms with E-state index in [-0.39, 0.29) is 33.9 Å². The van der Waals surface area contributed by atoms with E-state index in [1.54, 1.807) is 41.3 Å². The number of nitrogens with zero attached hydrogens (tertiary/aromatic N) is 1. The van der Waals surface area contributed by atoms with Gasteiger partial charge in [-0.1, -0.05) is 79.7 Å². The first-order valence-corrected chi connectivity index (χ1v) is 27.4. The molecule has 0 aliphatic carbocycles. The Hall–Kier alpha value is -7.32. The Morgan fingerprint density at radius 3 is 1.70 bits per heavy atom. The number of nitrogens with one attached hydrogen (secondary N) is 2. The lowest BCUT2D eigenvalue weighted by atomic mass is 9.77. The van der Waals surface area contributed by atoms with Gasteiger partial charge in [-0.25, -0.2) is 35.6 Å². The van der Waals surface area contributed by atoms with E-state index in [0.29, 0.717) is 29.7 Å². The largest absolute Gasteiger partial charge is 0.446 e. The van der Waals surface area contributed by atoms with E-state index >= 15 is 0 Å². The normalized spacial score (nSPS) is 26.0. The van der Waals surface area contributed by atoms with Gasteiger partial charge in [-0.15, -0.1) is 0 Å². The van der Waals surface area contributed by atoms with E-state index in [4.69, 9.17) is 23.7 Å². The van der Waals surface area contributed by atoms with Crippen LogP contribution in [0, 0.1) is 29.2 Å². The molecule has 3 fully saturated rings. The summed E-state index contributed by atoms with van der Waals surface area (Å²) in [5, 5.41) is 59.9. The Labute approximate surface area is 462 Å². The lowest BCUT2D eigenvalue weighted by Crippen LogP contribution is -2.65. The van der Waals surface area contributed by atoms with Crippen molar-refractivity contribution in [3.05, 3.63) is 180 Å². The first kappa shape index (κ1) is 58.3. The molecule has 81 heavy (non-hydrogen) atoms. The van der Waals surface area contributed by atoms with Gasteiger partial charge in [0.1, 0.15) is 91.4 Å². The average Bonchev–Trinajstić information content (AvgIpc) is 3.48. The summed E-state index contributed by atoms with van der Waals surface area (Å²) < 4.78 is 112. The number of benzene rings is 6. The Morgan fingerprint density at radius 1 is 0.617 bits per heavy atom. The van der Waals surface area contributed by atoms with Crippen molar-refractivity contribution in [2.75, 3.05) is 34.5 Å². The van der Waals surface area contributed by atoms with Gasteiger partial charge in [-0.05, 0) is 114 Å². The summed E-state index contributed by atoms with van der Waals surface area (Å²) >= 11 is 0. The predicted molar refractivity (Wildman–Crippen MR) is 283 cm³/mol. The van der Waals surface area contributed by atoms with E-state index < -0.39 is 132 Å². The van der Waals surface area contributed by atoms with Gasteiger partial charge in [0.05, 0.1) is 34.0 Å². The quantitative estimate of drug-likeness (QED) is 0.0333. The number of amides is 3. The van der Waals surface area contributed by atoms with Crippen LogP contribution in [-0.2, 0) is 38.3 Å². The zero-order valence-corrected chi connectivity index (χ0v) is 43.9. The zero-order chi connectivity index (χ0) is 57.7. The Morgan fingerprint density at radius 2 is 1.14 bits per heavy atom. The van der Waals surface area contributed by atoms with Crippen LogP contribution < -0.4 is 15.5 Å². The van der Waals surface area contributed by atoms with Crippen LogP contribution in [0.2, 0.25) is 0 Å². The number of halogens is 4. The maximum atomic E-state index is 14.4. The number of carbonyl (C=O) groups is 3. The first-order valence-electron chi connectivity index (χ1n) is 25.8. The van der Waals surface area contributed by atoms with Crippen molar-refractivity contribution in [2.24, 2.45) is 5.92 Å². The zero-order valence-electron chi connectivity index (χ0n) is 43.1. The summed E-state index contributed by atoms with van der Waals surface area (Å²) in [5.41, 5.74) is 3.03. The molecule has 6 aromatic rings. The highest BCUT2D eigenvalue weighted by atomic mass is 32.2. The average molecular weight is 1140 g/mol. The van der Waals surface area contributed by atoms with Crippen molar-refractivity contribution in [3.8, 4) is 11.1 Å². The SMILES string of the molecule is C[C@@H](CC[C@H]1C(=O)N(c2ccc(F)cc2)[C@@H]1c1ccc(-c2ccc(S(=O)(=O)CC3OC(COC(=O)Nc4ccccc4F)[C@@H](OC4OC(COC(=O)Nc5ccccc5F)[C@@H](O)[C@H](O)[C@@H]4O)[C@H](O)[C@@H]3O)cc2)cc1)c1ccc(F)cc1. The number of anilines is 3. The van der Waals surface area contributed by atoms with Crippen LogP contribution in [0.3, 0.4) is 0 Å². The third-order valence-electron chi connectivity index (χ3n) is 14.6. The fraction of sp³-hybridized carbons (Fsp3) is 0.328. The molecule has 0 spiro atoms. The Bertz CT molecular complexity index is 3280. The van der Waals surface area contributed by atoms with Gasteiger partial charge in [-0.3, -0.25) is 15.4 Å². The molecule has 0 radical (unpaired) electrons. The van der Waals surface area contributed by atoms with Crippen LogP contribution in [0.4, 0.5) is 44.2 Å². The van der Waals surface area contributed by atoms with Gasteiger partial charge in [0.25, 0.3) is 0 Å². The second kappa shape index (κ2) is 25.2. The molecule has 23 heteroatoms. The summed E-state index contributed by atoms with van der Waals surface area (Å²) in [5.74, 6) is -3.86. The molecule has 0 bridgehead atoms. The molecule has 7 N–H and O–H groups in total. The van der Waals surface area contributed by atoms with Gasteiger partial charge in [-0.2, -0.15) is 0 Å². The lowest BCUT2D eigenvalue weighted by molar-refractivity contribution is -0.340. The monoisotopic (exact) mass is 1140 g/mol. The van der Waals surface area contributed by atoms with Gasteiger partial charge in [0.2, 0.25) is 5.91 Å². The summed E-state index contributed by atoms with van der Waals surface area (Å²) in [6, 6.07) is 34.8. The molecule has 9 rings (SSSR count). The highest BCUT2D eigenvalue weighted by molar-refractivity contribution is 7.91. The molecule has 3 heterocycles. The molecule has 0 aromatic heterocycles. The first-order chi connectivity index (χ1) is 38.8. The minimum atomic E-state index is -4.39. The highest BCUT2D eigenvalue weighted by Crippen LogP contribution is 2.47. The van der Waals surface area contributed by atoms with Crippen LogP contribution in [0.1, 0.15) is 42.9 Å². The van der Waals surface area contributed by atoms with Gasteiger partial charge in [0.15, 0.2) is 16.1 Å². The van der Waals surface area contributed by atoms with Crippen LogP contribution in [0.25, 0.3) is 11.1 Å². The molecule has 0 saturated carbocycles. The maximum absolute atomic E-state index is 14.4. The number of para-hydroxylation sites is 2. The van der Waals surface area contributed by atoms with Crippen LogP contribution in [0.15, 0.2) is 150 Å². The minimum Gasteiger partial charge on any atom is -0.446 e.